The standard InChI is InChI=1S/2C29H29.2CH3.Si.Zr/c2*1-2-6-12-22(11-5-1)19-23-20-28-26(24-13-7-3-8-14-24)17-18-27(29(28)21-23)25-15-9-4-10-16-25;;;;/h2*3-4,7-10,13-18,20-22H,1-2,5-6,11-12,19H2;2*1H3;;/q4*-1;;. The topological polar surface area (TPSA) is 0 Å². The minimum Gasteiger partial charge on any atom is -0.164 e. The molecule has 0 unspecified atom stereocenters. The van der Waals surface area contributed by atoms with Gasteiger partial charge in [-0.2, -0.15) is 12.1 Å². The summed E-state index contributed by atoms with van der Waals surface area (Å²) in [5, 5.41) is 5.62. The SMILES string of the molecule is [CH3-].[CH3-].[Si]=[Zr].c1ccc(-c2ccc(-c3ccccc3)c3[cH-]c(CC4CCCCCC4)cc23)cc1.c1ccc(-c2ccc(-c3ccccc3)c3[cH-]c(CC4CCCCCC4)cc23)cc1. The summed E-state index contributed by atoms with van der Waals surface area (Å²) in [5.74, 6) is 1.71. The van der Waals surface area contributed by atoms with Gasteiger partial charge in [-0.3, -0.25) is 0 Å². The monoisotopic (exact) mass is 902 g/mol. The van der Waals surface area contributed by atoms with Crippen molar-refractivity contribution in [3.05, 3.63) is 196 Å². The molecule has 0 aliphatic heterocycles. The quantitative estimate of drug-likeness (QED) is 0.0810. The fourth-order valence-corrected chi connectivity index (χ4v) is 10.2. The van der Waals surface area contributed by atoms with Gasteiger partial charge in [0.15, 0.2) is 0 Å². The number of hydrogen-bond donors (Lipinski definition) is 0. The first-order valence-electron chi connectivity index (χ1n) is 22.7. The molecule has 0 heterocycles. The summed E-state index contributed by atoms with van der Waals surface area (Å²) in [6.45, 7) is 3.06. The summed E-state index contributed by atoms with van der Waals surface area (Å²) in [6, 6.07) is 62.6. The molecule has 0 aromatic heterocycles. The maximum absolute atomic E-state index is 3.06. The van der Waals surface area contributed by atoms with Crippen molar-refractivity contribution in [3.8, 4) is 44.5 Å². The average molecular weight is 904 g/mol. The van der Waals surface area contributed by atoms with Crippen molar-refractivity contribution in [2.75, 3.05) is 0 Å². The molecule has 0 N–H and O–H groups in total. The second-order valence-corrected chi connectivity index (χ2v) is 17.3. The van der Waals surface area contributed by atoms with E-state index in [1.807, 2.05) is 0 Å². The fraction of sp³-hybridized carbons (Fsp3) is 0.267. The van der Waals surface area contributed by atoms with Gasteiger partial charge in [0.05, 0.1) is 0 Å². The van der Waals surface area contributed by atoms with Gasteiger partial charge in [-0.05, 0) is 35.8 Å². The van der Waals surface area contributed by atoms with E-state index in [0.29, 0.717) is 0 Å². The first-order chi connectivity index (χ1) is 29.8. The molecule has 0 atom stereocenters. The average Bonchev–Trinajstić information content (AvgIpc) is 3.72. The van der Waals surface area contributed by atoms with Crippen LogP contribution in [0.3, 0.4) is 0 Å². The smallest absolute Gasteiger partial charge is 0.0279 e. The van der Waals surface area contributed by atoms with Crippen molar-refractivity contribution in [2.45, 2.75) is 89.9 Å². The van der Waals surface area contributed by atoms with Crippen LogP contribution in [-0.4, -0.2) is 6.88 Å². The van der Waals surface area contributed by atoms with Crippen molar-refractivity contribution in [3.63, 3.8) is 0 Å². The molecule has 8 aromatic rings. The van der Waals surface area contributed by atoms with Crippen molar-refractivity contribution in [2.24, 2.45) is 11.8 Å². The van der Waals surface area contributed by atoms with E-state index >= 15 is 0 Å². The molecule has 8 aromatic carbocycles. The number of hydrogen-bond acceptors (Lipinski definition) is 0. The van der Waals surface area contributed by atoms with Crippen LogP contribution in [0.25, 0.3) is 66.1 Å². The summed E-state index contributed by atoms with van der Waals surface area (Å²) < 4.78 is 0. The van der Waals surface area contributed by atoms with Gasteiger partial charge in [-0.15, -0.1) is 44.8 Å². The minimum atomic E-state index is 0. The third kappa shape index (κ3) is 11.6. The normalized spacial score (nSPS) is 14.5. The number of benzene rings is 6. The molecule has 0 amide bonds. The van der Waals surface area contributed by atoms with Crippen LogP contribution in [0.1, 0.15) is 88.2 Å². The van der Waals surface area contributed by atoms with Crippen molar-refractivity contribution >= 4 is 28.4 Å². The molecule has 0 bridgehead atoms. The van der Waals surface area contributed by atoms with Crippen LogP contribution < -0.4 is 0 Å². The van der Waals surface area contributed by atoms with Crippen LogP contribution in [0.5, 0.6) is 0 Å². The zero-order chi connectivity index (χ0) is 40.9. The van der Waals surface area contributed by atoms with Crippen molar-refractivity contribution in [1.29, 1.82) is 0 Å². The van der Waals surface area contributed by atoms with Gasteiger partial charge < -0.3 is 14.9 Å². The third-order valence-corrected chi connectivity index (χ3v) is 13.2. The summed E-state index contributed by atoms with van der Waals surface area (Å²) in [5.41, 5.74) is 13.7. The van der Waals surface area contributed by atoms with Gasteiger partial charge in [0.25, 0.3) is 0 Å². The maximum atomic E-state index is 3.06. The Hall–Kier alpha value is -4.36. The van der Waals surface area contributed by atoms with E-state index in [4.69, 9.17) is 0 Å². The van der Waals surface area contributed by atoms with E-state index in [0.717, 1.165) is 11.8 Å². The van der Waals surface area contributed by atoms with Crippen molar-refractivity contribution < 1.29 is 23.3 Å². The van der Waals surface area contributed by atoms with Crippen LogP contribution in [-0.2, 0) is 36.2 Å². The Balaban J connectivity index is 0.000000193. The second-order valence-electron chi connectivity index (χ2n) is 17.3. The van der Waals surface area contributed by atoms with Crippen LogP contribution >= 0.6 is 0 Å². The molecule has 0 nitrogen and oxygen atoms in total. The first kappa shape index (κ1) is 47.1. The molecule has 2 aliphatic rings. The number of fused-ring (bicyclic) bond motifs is 2. The van der Waals surface area contributed by atoms with E-state index in [1.54, 1.807) is 0 Å². The molecule has 2 fully saturated rings. The molecule has 2 heteroatoms. The Morgan fingerprint density at radius 3 is 0.952 bits per heavy atom. The van der Waals surface area contributed by atoms with Gasteiger partial charge in [0, 0.05) is 0 Å². The summed E-state index contributed by atoms with van der Waals surface area (Å²) in [6.07, 6.45) is 19.4. The third-order valence-electron chi connectivity index (χ3n) is 13.2. The Morgan fingerprint density at radius 2 is 0.645 bits per heavy atom. The van der Waals surface area contributed by atoms with Crippen LogP contribution in [0, 0.1) is 26.7 Å². The molecule has 2 saturated carbocycles. The predicted octanol–water partition coefficient (Wildman–Crippen LogP) is 17.3. The van der Waals surface area contributed by atoms with Gasteiger partial charge in [0.1, 0.15) is 0 Å². The van der Waals surface area contributed by atoms with Gasteiger partial charge >= 0.3 is 30.2 Å². The molecule has 0 saturated heterocycles. The Labute approximate surface area is 391 Å². The second kappa shape index (κ2) is 23.9. The van der Waals surface area contributed by atoms with E-state index in [2.05, 4.69) is 177 Å². The minimum absolute atomic E-state index is 0. The maximum Gasteiger partial charge on any atom is -0.0279 e. The molecule has 316 valence electrons. The molecular formula is C60H64SiZr-4. The zero-order valence-electron chi connectivity index (χ0n) is 37.2. The van der Waals surface area contributed by atoms with E-state index in [1.165, 1.54) is 190 Å². The van der Waals surface area contributed by atoms with Gasteiger partial charge in [-0.25, -0.2) is 0 Å². The van der Waals surface area contributed by atoms with Gasteiger partial charge in [-0.1, -0.05) is 256 Å². The molecule has 2 radical (unpaired) electrons. The van der Waals surface area contributed by atoms with Crippen LogP contribution in [0.4, 0.5) is 0 Å². The summed E-state index contributed by atoms with van der Waals surface area (Å²) >= 11 is 1.36. The predicted molar refractivity (Wildman–Crippen MR) is 269 cm³/mol. The Kier molecular flexibility index (Phi) is 18.2. The van der Waals surface area contributed by atoms with E-state index in [9.17, 15) is 0 Å². The van der Waals surface area contributed by atoms with Crippen LogP contribution in [0.15, 0.2) is 170 Å². The molecule has 2 aliphatic carbocycles. The van der Waals surface area contributed by atoms with Crippen LogP contribution in [0.2, 0.25) is 0 Å². The van der Waals surface area contributed by atoms with Gasteiger partial charge in [0.2, 0.25) is 0 Å². The molecule has 10 rings (SSSR count). The molecular weight excluding hydrogens is 840 g/mol. The van der Waals surface area contributed by atoms with E-state index in [-0.39, 0.29) is 14.9 Å². The first-order valence-corrected chi connectivity index (χ1v) is 26.9. The van der Waals surface area contributed by atoms with E-state index < -0.39 is 0 Å². The Bertz CT molecular complexity index is 2180. The number of rotatable bonds is 8. The molecule has 62 heavy (non-hydrogen) atoms. The zero-order valence-corrected chi connectivity index (χ0v) is 40.7. The molecule has 0 spiro atoms. The Morgan fingerprint density at radius 1 is 0.371 bits per heavy atom. The summed E-state index contributed by atoms with van der Waals surface area (Å²) in [7, 11) is 0. The van der Waals surface area contributed by atoms with Crippen molar-refractivity contribution in [1.82, 2.24) is 0 Å². The fourth-order valence-electron chi connectivity index (χ4n) is 10.2. The summed E-state index contributed by atoms with van der Waals surface area (Å²) in [4.78, 5) is 0. The largest absolute Gasteiger partial charge is 0.164 e.